The van der Waals surface area contributed by atoms with E-state index in [1.807, 2.05) is 4.90 Å². The fourth-order valence-electron chi connectivity index (χ4n) is 2.41. The molecule has 1 saturated carbocycles. The molecule has 1 heterocycles. The van der Waals surface area contributed by atoms with E-state index < -0.39 is 0 Å². The Balaban J connectivity index is 1.92. The Labute approximate surface area is 91.5 Å². The fourth-order valence-corrected chi connectivity index (χ4v) is 2.57. The van der Waals surface area contributed by atoms with Gasteiger partial charge in [0.15, 0.2) is 0 Å². The van der Waals surface area contributed by atoms with Crippen LogP contribution in [0.3, 0.4) is 0 Å². The Morgan fingerprint density at radius 3 is 2.14 bits per heavy atom. The second-order valence-electron chi connectivity index (χ2n) is 5.03. The minimum atomic E-state index is -0.104. The quantitative estimate of drug-likeness (QED) is 0.694. The monoisotopic (exact) mass is 213 g/mol. The zero-order valence-corrected chi connectivity index (χ0v) is 9.83. The predicted molar refractivity (Wildman–Crippen MR) is 60.4 cm³/mol. The zero-order chi connectivity index (χ0) is 10.3. The molecule has 0 spiro atoms. The van der Waals surface area contributed by atoms with Gasteiger partial charge in [-0.25, -0.2) is 0 Å². The molecule has 0 bridgehead atoms. The molecule has 0 aromatic carbocycles. The summed E-state index contributed by atoms with van der Waals surface area (Å²) in [6.07, 6.45) is 2.65. The van der Waals surface area contributed by atoms with E-state index in [-0.39, 0.29) is 11.2 Å². The third-order valence-corrected chi connectivity index (χ3v) is 4.50. The van der Waals surface area contributed by atoms with Gasteiger partial charge in [0.25, 0.3) is 0 Å². The first-order chi connectivity index (χ1) is 6.59. The number of rotatable bonds is 2. The summed E-state index contributed by atoms with van der Waals surface area (Å²) in [5, 5.41) is -0.104. The average molecular weight is 213 g/mol. The Morgan fingerprint density at radius 2 is 1.79 bits per heavy atom. The van der Waals surface area contributed by atoms with E-state index >= 15 is 0 Å². The van der Waals surface area contributed by atoms with Gasteiger partial charge in [0, 0.05) is 13.1 Å². The minimum absolute atomic E-state index is 0.104. The molecule has 0 aromatic heterocycles. The van der Waals surface area contributed by atoms with Gasteiger partial charge in [-0.15, -0.1) is 0 Å². The maximum absolute atomic E-state index is 12.0. The third-order valence-electron chi connectivity index (χ3n) is 3.68. The van der Waals surface area contributed by atoms with Crippen LogP contribution in [-0.2, 0) is 4.79 Å². The summed E-state index contributed by atoms with van der Waals surface area (Å²) in [7, 11) is 0. The Bertz CT molecular complexity index is 229. The summed E-state index contributed by atoms with van der Waals surface area (Å²) in [5.74, 6) is 2.21. The lowest BCUT2D eigenvalue weighted by Gasteiger charge is -2.27. The van der Waals surface area contributed by atoms with Gasteiger partial charge in [0.2, 0.25) is 5.91 Å². The van der Waals surface area contributed by atoms with Crippen LogP contribution >= 0.6 is 12.6 Å². The summed E-state index contributed by atoms with van der Waals surface area (Å²) >= 11 is 4.38. The number of carbonyl (C=O) groups is 1. The number of amides is 1. The zero-order valence-electron chi connectivity index (χ0n) is 8.94. The van der Waals surface area contributed by atoms with Crippen LogP contribution < -0.4 is 0 Å². The van der Waals surface area contributed by atoms with Crippen molar-refractivity contribution in [3.8, 4) is 0 Å². The van der Waals surface area contributed by atoms with Crippen LogP contribution in [0.1, 0.15) is 26.7 Å². The van der Waals surface area contributed by atoms with Crippen LogP contribution in [0.25, 0.3) is 0 Å². The molecule has 1 amide bonds. The van der Waals surface area contributed by atoms with Crippen molar-refractivity contribution >= 4 is 18.5 Å². The van der Waals surface area contributed by atoms with E-state index in [0.717, 1.165) is 24.9 Å². The van der Waals surface area contributed by atoms with Crippen molar-refractivity contribution in [1.82, 2.24) is 4.90 Å². The average Bonchev–Trinajstić information content (AvgIpc) is 2.40. The summed E-state index contributed by atoms with van der Waals surface area (Å²) in [6.45, 7) is 6.10. The van der Waals surface area contributed by atoms with Gasteiger partial charge >= 0.3 is 0 Å². The van der Waals surface area contributed by atoms with Crippen LogP contribution in [0, 0.1) is 17.8 Å². The van der Waals surface area contributed by atoms with Crippen LogP contribution in [-0.4, -0.2) is 29.1 Å². The van der Waals surface area contributed by atoms with E-state index in [1.165, 1.54) is 12.8 Å². The summed E-state index contributed by atoms with van der Waals surface area (Å²) < 4.78 is 0. The number of likely N-dealkylation sites (tertiary alicyclic amines) is 1. The maximum atomic E-state index is 12.0. The summed E-state index contributed by atoms with van der Waals surface area (Å²) in [5.41, 5.74) is 0. The molecule has 2 rings (SSSR count). The second-order valence-corrected chi connectivity index (χ2v) is 5.59. The summed E-state index contributed by atoms with van der Waals surface area (Å²) in [4.78, 5) is 14.0. The van der Waals surface area contributed by atoms with Crippen molar-refractivity contribution in [2.45, 2.75) is 31.9 Å². The molecule has 3 unspecified atom stereocenters. The topological polar surface area (TPSA) is 20.3 Å². The van der Waals surface area contributed by atoms with Gasteiger partial charge < -0.3 is 4.90 Å². The molecule has 0 aromatic rings. The minimum Gasteiger partial charge on any atom is -0.341 e. The first-order valence-corrected chi connectivity index (χ1v) is 6.08. The summed E-state index contributed by atoms with van der Waals surface area (Å²) in [6, 6.07) is 0. The highest BCUT2D eigenvalue weighted by Crippen LogP contribution is 2.40. The molecule has 0 N–H and O–H groups in total. The second kappa shape index (κ2) is 3.76. The molecule has 3 heteroatoms. The third kappa shape index (κ3) is 1.67. The van der Waals surface area contributed by atoms with Crippen molar-refractivity contribution in [3.63, 3.8) is 0 Å². The Hall–Kier alpha value is -0.180. The SMILES string of the molecule is CC(C)C(S)C(=O)N1CC2CCC2C1. The van der Waals surface area contributed by atoms with Crippen molar-refractivity contribution in [3.05, 3.63) is 0 Å². The van der Waals surface area contributed by atoms with Gasteiger partial charge in [-0.05, 0) is 30.6 Å². The Morgan fingerprint density at radius 1 is 1.29 bits per heavy atom. The van der Waals surface area contributed by atoms with Crippen molar-refractivity contribution in [2.24, 2.45) is 17.8 Å². The lowest BCUT2D eigenvalue weighted by atomic mass is 9.77. The standard InChI is InChI=1S/C11H19NOS/c1-7(2)10(14)11(13)12-5-8-3-4-9(8)6-12/h7-10,14H,3-6H2,1-2H3. The molecule has 3 atom stereocenters. The highest BCUT2D eigenvalue weighted by atomic mass is 32.1. The van der Waals surface area contributed by atoms with Gasteiger partial charge in [-0.2, -0.15) is 12.6 Å². The van der Waals surface area contributed by atoms with Gasteiger partial charge in [-0.3, -0.25) is 4.79 Å². The first kappa shape index (κ1) is 10.3. The van der Waals surface area contributed by atoms with Crippen molar-refractivity contribution in [2.75, 3.05) is 13.1 Å². The van der Waals surface area contributed by atoms with E-state index in [1.54, 1.807) is 0 Å². The highest BCUT2D eigenvalue weighted by molar-refractivity contribution is 7.81. The van der Waals surface area contributed by atoms with Crippen LogP contribution in [0.15, 0.2) is 0 Å². The number of nitrogens with zero attached hydrogens (tertiary/aromatic N) is 1. The van der Waals surface area contributed by atoms with Crippen LogP contribution in [0.5, 0.6) is 0 Å². The lowest BCUT2D eigenvalue weighted by Crippen LogP contribution is -2.37. The first-order valence-electron chi connectivity index (χ1n) is 5.56. The number of hydrogen-bond donors (Lipinski definition) is 1. The maximum Gasteiger partial charge on any atom is 0.235 e. The number of carbonyl (C=O) groups excluding carboxylic acids is 1. The molecule has 2 aliphatic rings. The van der Waals surface area contributed by atoms with E-state index in [9.17, 15) is 4.79 Å². The number of hydrogen-bond acceptors (Lipinski definition) is 2. The van der Waals surface area contributed by atoms with Gasteiger partial charge in [0.1, 0.15) is 0 Å². The number of thiol groups is 1. The van der Waals surface area contributed by atoms with E-state index in [0.29, 0.717) is 5.92 Å². The van der Waals surface area contributed by atoms with Gasteiger partial charge in [-0.1, -0.05) is 13.8 Å². The molecule has 2 nitrogen and oxygen atoms in total. The van der Waals surface area contributed by atoms with E-state index in [2.05, 4.69) is 26.5 Å². The van der Waals surface area contributed by atoms with Crippen molar-refractivity contribution < 1.29 is 4.79 Å². The van der Waals surface area contributed by atoms with Crippen LogP contribution in [0.2, 0.25) is 0 Å². The highest BCUT2D eigenvalue weighted by Gasteiger charge is 2.42. The molecular weight excluding hydrogens is 194 g/mol. The van der Waals surface area contributed by atoms with Gasteiger partial charge in [0.05, 0.1) is 5.25 Å². The molecule has 2 fully saturated rings. The molecular formula is C11H19NOS. The smallest absolute Gasteiger partial charge is 0.235 e. The van der Waals surface area contributed by atoms with Crippen molar-refractivity contribution in [1.29, 1.82) is 0 Å². The predicted octanol–water partition coefficient (Wildman–Crippen LogP) is 1.81. The Kier molecular flexibility index (Phi) is 2.78. The van der Waals surface area contributed by atoms with Crippen LogP contribution in [0.4, 0.5) is 0 Å². The normalized spacial score (nSPS) is 32.7. The van der Waals surface area contributed by atoms with E-state index in [4.69, 9.17) is 0 Å². The fraction of sp³-hybridized carbons (Fsp3) is 0.909. The molecule has 1 aliphatic heterocycles. The molecule has 80 valence electrons. The molecule has 0 radical (unpaired) electrons. The number of fused-ring (bicyclic) bond motifs is 1. The molecule has 1 aliphatic carbocycles. The lowest BCUT2D eigenvalue weighted by molar-refractivity contribution is -0.130. The largest absolute Gasteiger partial charge is 0.341 e. The molecule has 1 saturated heterocycles. The molecule has 14 heavy (non-hydrogen) atoms.